The normalized spacial score (nSPS) is 10.5. The average Bonchev–Trinajstić information content (AvgIpc) is 2.52. The molecule has 0 aliphatic heterocycles. The smallest absolute Gasteiger partial charge is 0.229 e. The number of carbonyl (C=O) groups is 1. The molecule has 6 heteroatoms. The van der Waals surface area contributed by atoms with Crippen LogP contribution in [0.15, 0.2) is 60.8 Å². The van der Waals surface area contributed by atoms with Crippen LogP contribution in [-0.4, -0.2) is 11.7 Å². The molecule has 1 amide bonds. The summed E-state index contributed by atoms with van der Waals surface area (Å²) in [7, 11) is 0. The number of halogens is 2. The number of anilines is 1. The molecule has 0 atom stereocenters. The second-order valence-electron chi connectivity index (χ2n) is 4.73. The molecule has 0 aromatic heterocycles. The van der Waals surface area contributed by atoms with Gasteiger partial charge in [-0.3, -0.25) is 10.2 Å². The maximum atomic E-state index is 13.1. The van der Waals surface area contributed by atoms with Crippen molar-refractivity contribution in [2.45, 2.75) is 6.42 Å². The van der Waals surface area contributed by atoms with Crippen molar-refractivity contribution in [2.75, 3.05) is 5.32 Å². The van der Waals surface area contributed by atoms with Gasteiger partial charge in [-0.1, -0.05) is 24.3 Å². The van der Waals surface area contributed by atoms with E-state index in [-0.39, 0.29) is 12.3 Å². The number of amides is 1. The molecule has 0 radical (unpaired) electrons. The minimum atomic E-state index is -1.00. The fraction of sp³-hybridized carbons (Fsp3) is 0.0588. The molecule has 0 fully saturated rings. The first-order chi connectivity index (χ1) is 11.0. The minimum Gasteiger partial charge on any atom is -0.362 e. The quantitative estimate of drug-likeness (QED) is 0.586. The third kappa shape index (κ3) is 5.35. The van der Waals surface area contributed by atoms with Crippen molar-refractivity contribution in [3.05, 3.63) is 78.0 Å². The molecule has 0 aliphatic carbocycles. The lowest BCUT2D eigenvalue weighted by atomic mass is 10.1. The molecule has 0 heterocycles. The number of hydrogen-bond acceptors (Lipinski definition) is 3. The molecule has 3 N–H and O–H groups in total. The predicted octanol–water partition coefficient (Wildman–Crippen LogP) is 3.23. The standard InChI is InChI=1S/C17H15F2N3O/c18-14-7-6-12(10-15(14)19)11-17(23)22-16(20)8-9-21-13-4-2-1-3-5-13/h1-10,21H,11H2,(H2,20,22,23)/b9-8-. The van der Waals surface area contributed by atoms with Crippen molar-refractivity contribution in [2.24, 2.45) is 0 Å². The van der Waals surface area contributed by atoms with E-state index in [1.807, 2.05) is 30.3 Å². The molecule has 0 aliphatic rings. The lowest BCUT2D eigenvalue weighted by Gasteiger charge is -2.04. The van der Waals surface area contributed by atoms with Crippen LogP contribution in [0.5, 0.6) is 0 Å². The molecule has 0 spiro atoms. The van der Waals surface area contributed by atoms with E-state index in [2.05, 4.69) is 10.6 Å². The number of amidine groups is 1. The van der Waals surface area contributed by atoms with Gasteiger partial charge < -0.3 is 10.6 Å². The molecule has 0 saturated heterocycles. The molecule has 4 nitrogen and oxygen atoms in total. The van der Waals surface area contributed by atoms with Gasteiger partial charge in [0.15, 0.2) is 11.6 Å². The van der Waals surface area contributed by atoms with E-state index in [0.717, 1.165) is 17.8 Å². The van der Waals surface area contributed by atoms with Gasteiger partial charge in [0.1, 0.15) is 5.84 Å². The number of hydrogen-bond donors (Lipinski definition) is 3. The molecule has 118 valence electrons. The maximum Gasteiger partial charge on any atom is 0.229 e. The summed E-state index contributed by atoms with van der Waals surface area (Å²) in [6.07, 6.45) is 2.77. The van der Waals surface area contributed by atoms with Gasteiger partial charge in [0.25, 0.3) is 0 Å². The van der Waals surface area contributed by atoms with Crippen LogP contribution in [0.25, 0.3) is 0 Å². The van der Waals surface area contributed by atoms with Crippen LogP contribution in [-0.2, 0) is 11.2 Å². The van der Waals surface area contributed by atoms with Gasteiger partial charge in [0, 0.05) is 11.9 Å². The highest BCUT2D eigenvalue weighted by molar-refractivity contribution is 6.03. The number of benzene rings is 2. The van der Waals surface area contributed by atoms with E-state index in [1.165, 1.54) is 18.3 Å². The Hall–Kier alpha value is -3.02. The molecule has 23 heavy (non-hydrogen) atoms. The van der Waals surface area contributed by atoms with Gasteiger partial charge in [0.05, 0.1) is 6.42 Å². The van der Waals surface area contributed by atoms with Gasteiger partial charge in [-0.2, -0.15) is 0 Å². The van der Waals surface area contributed by atoms with Gasteiger partial charge in [-0.25, -0.2) is 8.78 Å². The molecule has 2 rings (SSSR count). The Kier molecular flexibility index (Phi) is 5.57. The predicted molar refractivity (Wildman–Crippen MR) is 85.1 cm³/mol. The molecule has 2 aromatic carbocycles. The Labute approximate surface area is 132 Å². The first-order valence-corrected chi connectivity index (χ1v) is 6.85. The zero-order valence-corrected chi connectivity index (χ0v) is 12.1. The lowest BCUT2D eigenvalue weighted by molar-refractivity contribution is -0.119. The van der Waals surface area contributed by atoms with E-state index < -0.39 is 17.5 Å². The molecule has 0 saturated carbocycles. The van der Waals surface area contributed by atoms with Crippen LogP contribution in [0.2, 0.25) is 0 Å². The van der Waals surface area contributed by atoms with Crippen LogP contribution < -0.4 is 10.6 Å². The minimum absolute atomic E-state index is 0.110. The monoisotopic (exact) mass is 315 g/mol. The van der Waals surface area contributed by atoms with Crippen LogP contribution >= 0.6 is 0 Å². The Balaban J connectivity index is 1.82. The number of rotatable bonds is 5. The number of carbonyl (C=O) groups excluding carboxylic acids is 1. The summed E-state index contributed by atoms with van der Waals surface area (Å²) in [4.78, 5) is 11.7. The summed E-state index contributed by atoms with van der Waals surface area (Å²) < 4.78 is 25.9. The second-order valence-corrected chi connectivity index (χ2v) is 4.73. The Bertz CT molecular complexity index is 730. The van der Waals surface area contributed by atoms with Crippen LogP contribution in [0.1, 0.15) is 5.56 Å². The third-order valence-corrected chi connectivity index (χ3v) is 2.90. The first kappa shape index (κ1) is 16.4. The molecule has 2 aromatic rings. The molecular weight excluding hydrogens is 300 g/mol. The van der Waals surface area contributed by atoms with Crippen molar-refractivity contribution in [1.82, 2.24) is 5.32 Å². The molecule has 0 bridgehead atoms. The summed E-state index contributed by atoms with van der Waals surface area (Å²) in [6, 6.07) is 12.6. The Morgan fingerprint density at radius 2 is 1.83 bits per heavy atom. The molecule has 0 unspecified atom stereocenters. The van der Waals surface area contributed by atoms with Gasteiger partial charge in [-0.05, 0) is 35.9 Å². The van der Waals surface area contributed by atoms with Crippen molar-refractivity contribution < 1.29 is 13.6 Å². The van der Waals surface area contributed by atoms with Crippen molar-refractivity contribution >= 4 is 17.4 Å². The number of para-hydroxylation sites is 1. The Morgan fingerprint density at radius 1 is 1.09 bits per heavy atom. The van der Waals surface area contributed by atoms with Crippen molar-refractivity contribution in [1.29, 1.82) is 5.41 Å². The zero-order valence-electron chi connectivity index (χ0n) is 12.1. The van der Waals surface area contributed by atoms with Crippen LogP contribution in [0.3, 0.4) is 0 Å². The largest absolute Gasteiger partial charge is 0.362 e. The summed E-state index contributed by atoms with van der Waals surface area (Å²) in [5, 5.41) is 12.9. The van der Waals surface area contributed by atoms with E-state index in [1.54, 1.807) is 0 Å². The highest BCUT2D eigenvalue weighted by Crippen LogP contribution is 2.09. The first-order valence-electron chi connectivity index (χ1n) is 6.85. The third-order valence-electron chi connectivity index (χ3n) is 2.90. The lowest BCUT2D eigenvalue weighted by Crippen LogP contribution is -2.29. The van der Waals surface area contributed by atoms with E-state index in [4.69, 9.17) is 5.41 Å². The number of nitrogens with one attached hydrogen (secondary N) is 3. The molecular formula is C17H15F2N3O. The van der Waals surface area contributed by atoms with Crippen molar-refractivity contribution in [3.8, 4) is 0 Å². The van der Waals surface area contributed by atoms with Gasteiger partial charge in [-0.15, -0.1) is 0 Å². The highest BCUT2D eigenvalue weighted by Gasteiger charge is 2.07. The average molecular weight is 315 g/mol. The van der Waals surface area contributed by atoms with Crippen LogP contribution in [0, 0.1) is 17.0 Å². The summed E-state index contributed by atoms with van der Waals surface area (Å²) in [5.74, 6) is -2.56. The highest BCUT2D eigenvalue weighted by atomic mass is 19.2. The summed E-state index contributed by atoms with van der Waals surface area (Å²) in [6.45, 7) is 0. The SMILES string of the molecule is N=C(/C=C\Nc1ccccc1)NC(=O)Cc1ccc(F)c(F)c1. The van der Waals surface area contributed by atoms with E-state index in [0.29, 0.717) is 5.56 Å². The summed E-state index contributed by atoms with van der Waals surface area (Å²) >= 11 is 0. The Morgan fingerprint density at radius 3 is 2.52 bits per heavy atom. The fourth-order valence-corrected chi connectivity index (χ4v) is 1.83. The fourth-order valence-electron chi connectivity index (χ4n) is 1.83. The van der Waals surface area contributed by atoms with Gasteiger partial charge >= 0.3 is 0 Å². The van der Waals surface area contributed by atoms with E-state index >= 15 is 0 Å². The maximum absolute atomic E-state index is 13.1. The topological polar surface area (TPSA) is 65.0 Å². The summed E-state index contributed by atoms with van der Waals surface area (Å²) in [5.41, 5.74) is 1.19. The zero-order chi connectivity index (χ0) is 16.7. The van der Waals surface area contributed by atoms with Gasteiger partial charge in [0.2, 0.25) is 5.91 Å². The van der Waals surface area contributed by atoms with E-state index in [9.17, 15) is 13.6 Å². The van der Waals surface area contributed by atoms with Crippen molar-refractivity contribution in [3.63, 3.8) is 0 Å². The van der Waals surface area contributed by atoms with Crippen LogP contribution in [0.4, 0.5) is 14.5 Å². The second kappa shape index (κ2) is 7.84.